The first-order valence-electron chi connectivity index (χ1n) is 7.50. The Hall–Kier alpha value is -1.40. The number of hydrogen-bond acceptors (Lipinski definition) is 4. The lowest BCUT2D eigenvalue weighted by Crippen LogP contribution is -2.55. The maximum atomic E-state index is 12.7. The third-order valence-corrected chi connectivity index (χ3v) is 5.94. The molecule has 1 fully saturated rings. The molecule has 1 saturated carbocycles. The fourth-order valence-corrected chi connectivity index (χ4v) is 4.39. The lowest BCUT2D eigenvalue weighted by Gasteiger charge is -2.34. The molecular formula is C16H23NO4S. The van der Waals surface area contributed by atoms with Crippen LogP contribution in [0.15, 0.2) is 23.1 Å². The Balaban J connectivity index is 2.35. The van der Waals surface area contributed by atoms with Crippen LogP contribution in [0.4, 0.5) is 0 Å². The van der Waals surface area contributed by atoms with Crippen LogP contribution in [-0.4, -0.2) is 27.0 Å². The highest BCUT2D eigenvalue weighted by molar-refractivity contribution is 7.89. The molecule has 0 atom stereocenters. The number of carbonyl (C=O) groups is 1. The van der Waals surface area contributed by atoms with Crippen molar-refractivity contribution in [2.75, 3.05) is 7.11 Å². The largest absolute Gasteiger partial charge is 0.468 e. The fourth-order valence-electron chi connectivity index (χ4n) is 2.90. The van der Waals surface area contributed by atoms with E-state index in [9.17, 15) is 13.2 Å². The molecule has 2 rings (SSSR count). The van der Waals surface area contributed by atoms with E-state index < -0.39 is 21.5 Å². The number of ether oxygens (including phenoxy) is 1. The standard InChI is InChI=1S/C16H23NO4S/c1-12-7-8-14(11-13(12)2)22(19,20)17-16(15(18)21-3)9-5-4-6-10-16/h7-8,11,17H,4-6,9-10H2,1-3H3. The van der Waals surface area contributed by atoms with Crippen LogP contribution >= 0.6 is 0 Å². The topological polar surface area (TPSA) is 72.5 Å². The highest BCUT2D eigenvalue weighted by Crippen LogP contribution is 2.31. The van der Waals surface area contributed by atoms with Crippen molar-refractivity contribution >= 4 is 16.0 Å². The monoisotopic (exact) mass is 325 g/mol. The van der Waals surface area contributed by atoms with Crippen molar-refractivity contribution in [3.63, 3.8) is 0 Å². The van der Waals surface area contributed by atoms with Crippen LogP contribution in [0.25, 0.3) is 0 Å². The summed E-state index contributed by atoms with van der Waals surface area (Å²) >= 11 is 0. The molecule has 1 aromatic rings. The van der Waals surface area contributed by atoms with Gasteiger partial charge in [-0.25, -0.2) is 8.42 Å². The Morgan fingerprint density at radius 3 is 2.32 bits per heavy atom. The Kier molecular flexibility index (Phi) is 4.92. The molecule has 122 valence electrons. The predicted octanol–water partition coefficient (Wildman–Crippen LogP) is 2.46. The zero-order valence-electron chi connectivity index (χ0n) is 13.3. The first-order chi connectivity index (χ1) is 10.3. The van der Waals surface area contributed by atoms with E-state index in [0.29, 0.717) is 12.8 Å². The number of carbonyl (C=O) groups excluding carboxylic acids is 1. The van der Waals surface area contributed by atoms with E-state index in [0.717, 1.165) is 30.4 Å². The number of sulfonamides is 1. The molecule has 0 aromatic heterocycles. The number of aryl methyl sites for hydroxylation is 2. The van der Waals surface area contributed by atoms with Crippen molar-refractivity contribution in [2.45, 2.75) is 56.4 Å². The van der Waals surface area contributed by atoms with Crippen LogP contribution in [0.3, 0.4) is 0 Å². The van der Waals surface area contributed by atoms with Crippen LogP contribution in [-0.2, 0) is 19.6 Å². The molecule has 1 aromatic carbocycles. The van der Waals surface area contributed by atoms with Crippen molar-refractivity contribution in [3.8, 4) is 0 Å². The van der Waals surface area contributed by atoms with Gasteiger partial charge in [0.05, 0.1) is 12.0 Å². The lowest BCUT2D eigenvalue weighted by molar-refractivity contribution is -0.149. The SMILES string of the molecule is COC(=O)C1(NS(=O)(=O)c2ccc(C)c(C)c2)CCCCC1. The van der Waals surface area contributed by atoms with Gasteiger partial charge >= 0.3 is 5.97 Å². The number of nitrogens with one attached hydrogen (secondary N) is 1. The van der Waals surface area contributed by atoms with Crippen molar-refractivity contribution in [2.24, 2.45) is 0 Å². The fraction of sp³-hybridized carbons (Fsp3) is 0.562. The molecule has 0 unspecified atom stereocenters. The molecule has 0 radical (unpaired) electrons. The van der Waals surface area contributed by atoms with Gasteiger partial charge in [0.2, 0.25) is 10.0 Å². The Bertz CT molecular complexity index is 661. The zero-order valence-corrected chi connectivity index (χ0v) is 14.1. The summed E-state index contributed by atoms with van der Waals surface area (Å²) in [6, 6.07) is 4.97. The van der Waals surface area contributed by atoms with E-state index in [-0.39, 0.29) is 4.90 Å². The molecule has 22 heavy (non-hydrogen) atoms. The normalized spacial score (nSPS) is 18.0. The van der Waals surface area contributed by atoms with E-state index in [1.54, 1.807) is 18.2 Å². The van der Waals surface area contributed by atoms with Crippen molar-refractivity contribution in [3.05, 3.63) is 29.3 Å². The first kappa shape index (κ1) is 17.0. The van der Waals surface area contributed by atoms with Gasteiger partial charge in [0, 0.05) is 0 Å². The summed E-state index contributed by atoms with van der Waals surface area (Å²) in [6.45, 7) is 3.79. The van der Waals surface area contributed by atoms with Crippen molar-refractivity contribution in [1.29, 1.82) is 0 Å². The average molecular weight is 325 g/mol. The molecule has 0 aliphatic heterocycles. The summed E-state index contributed by atoms with van der Waals surface area (Å²) in [5.41, 5.74) is 0.794. The minimum atomic E-state index is -3.76. The minimum absolute atomic E-state index is 0.185. The van der Waals surface area contributed by atoms with Gasteiger partial charge in [-0.1, -0.05) is 25.3 Å². The maximum Gasteiger partial charge on any atom is 0.327 e. The second-order valence-electron chi connectivity index (χ2n) is 5.99. The molecule has 6 heteroatoms. The third kappa shape index (κ3) is 3.33. The second-order valence-corrected chi connectivity index (χ2v) is 7.67. The highest BCUT2D eigenvalue weighted by atomic mass is 32.2. The quantitative estimate of drug-likeness (QED) is 0.863. The number of methoxy groups -OCH3 is 1. The zero-order chi connectivity index (χ0) is 16.4. The van der Waals surface area contributed by atoms with E-state index in [2.05, 4.69) is 4.72 Å². The van der Waals surface area contributed by atoms with E-state index in [1.807, 2.05) is 13.8 Å². The lowest BCUT2D eigenvalue weighted by atomic mass is 9.83. The number of benzene rings is 1. The van der Waals surface area contributed by atoms with Crippen LogP contribution in [0.1, 0.15) is 43.2 Å². The summed E-state index contributed by atoms with van der Waals surface area (Å²) < 4.78 is 32.8. The van der Waals surface area contributed by atoms with Gasteiger partial charge in [-0.05, 0) is 49.9 Å². The second kappa shape index (κ2) is 6.38. The number of esters is 1. The Labute approximate surface area is 132 Å². The summed E-state index contributed by atoms with van der Waals surface area (Å²) in [5, 5.41) is 0. The Morgan fingerprint density at radius 1 is 1.14 bits per heavy atom. The van der Waals surface area contributed by atoms with Crippen LogP contribution in [0, 0.1) is 13.8 Å². The molecule has 0 spiro atoms. The molecule has 0 bridgehead atoms. The van der Waals surface area contributed by atoms with Gasteiger partial charge in [-0.15, -0.1) is 0 Å². The molecule has 5 nitrogen and oxygen atoms in total. The molecule has 0 heterocycles. The molecule has 0 amide bonds. The molecule has 0 saturated heterocycles. The number of rotatable bonds is 4. The van der Waals surface area contributed by atoms with Gasteiger partial charge in [-0.2, -0.15) is 4.72 Å². The molecule has 1 aliphatic rings. The van der Waals surface area contributed by atoms with Crippen LogP contribution < -0.4 is 4.72 Å². The summed E-state index contributed by atoms with van der Waals surface area (Å²) in [7, 11) is -2.47. The third-order valence-electron chi connectivity index (χ3n) is 4.40. The Morgan fingerprint density at radius 2 is 1.77 bits per heavy atom. The van der Waals surface area contributed by atoms with E-state index in [1.165, 1.54) is 7.11 Å². The van der Waals surface area contributed by atoms with Gasteiger partial charge in [-0.3, -0.25) is 4.79 Å². The molecular weight excluding hydrogens is 302 g/mol. The van der Waals surface area contributed by atoms with Crippen molar-refractivity contribution in [1.82, 2.24) is 4.72 Å². The molecule has 1 aliphatic carbocycles. The van der Waals surface area contributed by atoms with Crippen LogP contribution in [0.2, 0.25) is 0 Å². The average Bonchev–Trinajstić information content (AvgIpc) is 2.49. The first-order valence-corrected chi connectivity index (χ1v) is 8.99. The highest BCUT2D eigenvalue weighted by Gasteiger charge is 2.44. The van der Waals surface area contributed by atoms with Gasteiger partial charge in [0.1, 0.15) is 5.54 Å². The van der Waals surface area contributed by atoms with Gasteiger partial charge < -0.3 is 4.74 Å². The van der Waals surface area contributed by atoms with Crippen molar-refractivity contribution < 1.29 is 17.9 Å². The van der Waals surface area contributed by atoms with E-state index >= 15 is 0 Å². The predicted molar refractivity (Wildman–Crippen MR) is 84.1 cm³/mol. The summed E-state index contributed by atoms with van der Waals surface area (Å²) in [4.78, 5) is 12.4. The summed E-state index contributed by atoms with van der Waals surface area (Å²) in [6.07, 6.45) is 3.58. The van der Waals surface area contributed by atoms with Crippen LogP contribution in [0.5, 0.6) is 0 Å². The smallest absolute Gasteiger partial charge is 0.327 e. The minimum Gasteiger partial charge on any atom is -0.468 e. The number of hydrogen-bond donors (Lipinski definition) is 1. The maximum absolute atomic E-state index is 12.7. The van der Waals surface area contributed by atoms with E-state index in [4.69, 9.17) is 4.74 Å². The van der Waals surface area contributed by atoms with Gasteiger partial charge in [0.15, 0.2) is 0 Å². The molecule has 1 N–H and O–H groups in total. The van der Waals surface area contributed by atoms with Gasteiger partial charge in [0.25, 0.3) is 0 Å². The summed E-state index contributed by atoms with van der Waals surface area (Å²) in [5.74, 6) is -0.500.